The molecule has 0 atom stereocenters. The minimum absolute atomic E-state index is 0.0229. The number of rotatable bonds is 5. The Labute approximate surface area is 208 Å². The van der Waals surface area contributed by atoms with Gasteiger partial charge >= 0.3 is 0 Å². The van der Waals surface area contributed by atoms with E-state index >= 15 is 0 Å². The van der Waals surface area contributed by atoms with Gasteiger partial charge in [-0.2, -0.15) is 0 Å². The summed E-state index contributed by atoms with van der Waals surface area (Å²) in [6, 6.07) is 16.3. The molecule has 35 heavy (non-hydrogen) atoms. The van der Waals surface area contributed by atoms with Crippen LogP contribution in [0.2, 0.25) is 0 Å². The van der Waals surface area contributed by atoms with E-state index in [-0.39, 0.29) is 23.5 Å². The van der Waals surface area contributed by atoms with Crippen molar-refractivity contribution in [2.75, 3.05) is 18.4 Å². The highest BCUT2D eigenvalue weighted by atomic mass is 32.1. The van der Waals surface area contributed by atoms with Crippen LogP contribution < -0.4 is 5.32 Å². The number of anilines is 1. The van der Waals surface area contributed by atoms with Crippen LogP contribution in [0.15, 0.2) is 60.0 Å². The van der Waals surface area contributed by atoms with Gasteiger partial charge in [0.1, 0.15) is 11.5 Å². The second-order valence-corrected chi connectivity index (χ2v) is 10.2. The summed E-state index contributed by atoms with van der Waals surface area (Å²) in [7, 11) is 0. The molecule has 0 aliphatic carbocycles. The first kappa shape index (κ1) is 23.3. The molecule has 5 nitrogen and oxygen atoms in total. The van der Waals surface area contributed by atoms with Crippen molar-refractivity contribution < 1.29 is 14.0 Å². The fraction of sp³-hybridized carbons (Fsp3) is 0.286. The van der Waals surface area contributed by atoms with Crippen molar-refractivity contribution in [3.05, 3.63) is 88.2 Å². The SMILES string of the molecule is Cc1cccc(C)c1NC(=O)C1CCN(C(=O)c2cc3sccc3n2Cc2ccc(F)cc2)CC1. The first-order valence-electron chi connectivity index (χ1n) is 11.9. The summed E-state index contributed by atoms with van der Waals surface area (Å²) < 4.78 is 16.4. The quantitative estimate of drug-likeness (QED) is 0.374. The summed E-state index contributed by atoms with van der Waals surface area (Å²) in [5, 5.41) is 5.12. The molecule has 0 radical (unpaired) electrons. The first-order valence-corrected chi connectivity index (χ1v) is 12.8. The molecule has 0 saturated carbocycles. The van der Waals surface area contributed by atoms with E-state index in [0.717, 1.165) is 32.6 Å². The van der Waals surface area contributed by atoms with Crippen LogP contribution in [-0.2, 0) is 11.3 Å². The zero-order chi connectivity index (χ0) is 24.5. The topological polar surface area (TPSA) is 54.3 Å². The molecule has 7 heteroatoms. The molecule has 3 heterocycles. The van der Waals surface area contributed by atoms with Gasteiger partial charge in [-0.25, -0.2) is 4.39 Å². The van der Waals surface area contributed by atoms with Crippen LogP contribution in [0.5, 0.6) is 0 Å². The maximum absolute atomic E-state index is 13.5. The third-order valence-electron chi connectivity index (χ3n) is 6.88. The van der Waals surface area contributed by atoms with Gasteiger partial charge in [0.05, 0.1) is 10.2 Å². The maximum atomic E-state index is 13.5. The van der Waals surface area contributed by atoms with Crippen LogP contribution in [0, 0.1) is 25.6 Å². The van der Waals surface area contributed by atoms with Gasteiger partial charge in [0, 0.05) is 31.2 Å². The molecule has 180 valence electrons. The van der Waals surface area contributed by atoms with Gasteiger partial charge in [-0.15, -0.1) is 11.3 Å². The van der Waals surface area contributed by atoms with Gasteiger partial charge in [0.2, 0.25) is 5.91 Å². The number of likely N-dealkylation sites (tertiary alicyclic amines) is 1. The summed E-state index contributed by atoms with van der Waals surface area (Å²) in [5.74, 6) is -0.394. The van der Waals surface area contributed by atoms with Gasteiger partial charge < -0.3 is 14.8 Å². The van der Waals surface area contributed by atoms with Gasteiger partial charge in [-0.3, -0.25) is 9.59 Å². The molecular formula is C28H28FN3O2S. The Hall–Kier alpha value is -3.45. The molecular weight excluding hydrogens is 461 g/mol. The number of piperidine rings is 1. The number of amides is 2. The number of carbonyl (C=O) groups is 2. The molecule has 4 aromatic rings. The molecule has 1 N–H and O–H groups in total. The largest absolute Gasteiger partial charge is 0.337 e. The molecule has 2 aromatic heterocycles. The number of nitrogens with one attached hydrogen (secondary N) is 1. The average molecular weight is 490 g/mol. The minimum Gasteiger partial charge on any atom is -0.337 e. The van der Waals surface area contributed by atoms with E-state index in [9.17, 15) is 14.0 Å². The lowest BCUT2D eigenvalue weighted by atomic mass is 9.95. The van der Waals surface area contributed by atoms with Gasteiger partial charge in [0.15, 0.2) is 0 Å². The number of fused-ring (bicyclic) bond motifs is 1. The Balaban J connectivity index is 1.29. The van der Waals surface area contributed by atoms with Crippen molar-refractivity contribution in [3.8, 4) is 0 Å². The highest BCUT2D eigenvalue weighted by Crippen LogP contribution is 2.29. The van der Waals surface area contributed by atoms with Crippen LogP contribution in [0.1, 0.15) is 40.0 Å². The molecule has 1 aliphatic heterocycles. The van der Waals surface area contributed by atoms with Crippen molar-refractivity contribution in [1.29, 1.82) is 0 Å². The van der Waals surface area contributed by atoms with E-state index in [4.69, 9.17) is 0 Å². The Morgan fingerprint density at radius 1 is 1.03 bits per heavy atom. The van der Waals surface area contributed by atoms with Crippen LogP contribution in [0.4, 0.5) is 10.1 Å². The summed E-state index contributed by atoms with van der Waals surface area (Å²) in [4.78, 5) is 28.3. The summed E-state index contributed by atoms with van der Waals surface area (Å²) >= 11 is 1.60. The number of carbonyl (C=O) groups excluding carboxylic acids is 2. The molecule has 1 saturated heterocycles. The zero-order valence-electron chi connectivity index (χ0n) is 19.9. The zero-order valence-corrected chi connectivity index (χ0v) is 20.7. The number of benzene rings is 2. The maximum Gasteiger partial charge on any atom is 0.270 e. The first-order chi connectivity index (χ1) is 16.9. The van der Waals surface area contributed by atoms with E-state index < -0.39 is 0 Å². The second-order valence-electron chi connectivity index (χ2n) is 9.23. The number of nitrogens with zero attached hydrogens (tertiary/aromatic N) is 2. The van der Waals surface area contributed by atoms with Crippen LogP contribution in [-0.4, -0.2) is 34.4 Å². The molecule has 2 aromatic carbocycles. The van der Waals surface area contributed by atoms with E-state index in [1.54, 1.807) is 23.5 Å². The summed E-state index contributed by atoms with van der Waals surface area (Å²) in [5.41, 5.74) is 5.56. The van der Waals surface area contributed by atoms with E-state index in [1.807, 2.05) is 59.0 Å². The van der Waals surface area contributed by atoms with Crippen LogP contribution >= 0.6 is 11.3 Å². The number of hydrogen-bond donors (Lipinski definition) is 1. The van der Waals surface area contributed by atoms with E-state index in [2.05, 4.69) is 5.32 Å². The molecule has 2 amide bonds. The Morgan fingerprint density at radius 2 is 1.71 bits per heavy atom. The monoisotopic (exact) mass is 489 g/mol. The molecule has 0 unspecified atom stereocenters. The normalized spacial score (nSPS) is 14.4. The molecule has 1 aliphatic rings. The highest BCUT2D eigenvalue weighted by Gasteiger charge is 2.30. The molecule has 5 rings (SSSR count). The lowest BCUT2D eigenvalue weighted by Crippen LogP contribution is -2.42. The molecule has 0 bridgehead atoms. The van der Waals surface area contributed by atoms with Gasteiger partial charge in [-0.1, -0.05) is 30.3 Å². The van der Waals surface area contributed by atoms with Crippen molar-refractivity contribution >= 4 is 39.1 Å². The Kier molecular flexibility index (Phi) is 6.43. The number of aryl methyl sites for hydroxylation is 2. The average Bonchev–Trinajstić information content (AvgIpc) is 3.45. The number of aromatic nitrogens is 1. The fourth-order valence-electron chi connectivity index (χ4n) is 4.84. The Morgan fingerprint density at radius 3 is 2.40 bits per heavy atom. The third kappa shape index (κ3) is 4.73. The number of thiophene rings is 1. The van der Waals surface area contributed by atoms with Crippen LogP contribution in [0.25, 0.3) is 10.2 Å². The molecule has 0 spiro atoms. The Bertz CT molecular complexity index is 1360. The van der Waals surface area contributed by atoms with Gasteiger partial charge in [0.25, 0.3) is 5.91 Å². The molecule has 1 fully saturated rings. The standard InChI is InChI=1S/C28H28FN3O2S/c1-18-4-3-5-19(2)26(18)30-27(33)21-10-13-31(14-11-21)28(34)24-16-25-23(12-15-35-25)32(24)17-20-6-8-22(29)9-7-20/h3-9,12,15-16,21H,10-11,13-14,17H2,1-2H3,(H,30,33). The lowest BCUT2D eigenvalue weighted by Gasteiger charge is -2.32. The minimum atomic E-state index is -0.275. The van der Waals surface area contributed by atoms with E-state index in [1.165, 1.54) is 12.1 Å². The summed E-state index contributed by atoms with van der Waals surface area (Å²) in [6.07, 6.45) is 1.27. The van der Waals surface area contributed by atoms with Gasteiger partial charge in [-0.05, 0) is 73.0 Å². The number of para-hydroxylation sites is 1. The lowest BCUT2D eigenvalue weighted by molar-refractivity contribution is -0.121. The number of hydrogen-bond acceptors (Lipinski definition) is 3. The van der Waals surface area contributed by atoms with Crippen molar-refractivity contribution in [3.63, 3.8) is 0 Å². The predicted octanol–water partition coefficient (Wildman–Crippen LogP) is 6.00. The smallest absolute Gasteiger partial charge is 0.270 e. The van der Waals surface area contributed by atoms with Crippen molar-refractivity contribution in [2.24, 2.45) is 5.92 Å². The fourth-order valence-corrected chi connectivity index (χ4v) is 5.66. The van der Waals surface area contributed by atoms with Crippen molar-refractivity contribution in [1.82, 2.24) is 9.47 Å². The second kappa shape index (κ2) is 9.66. The third-order valence-corrected chi connectivity index (χ3v) is 7.73. The van der Waals surface area contributed by atoms with Crippen LogP contribution in [0.3, 0.4) is 0 Å². The summed E-state index contributed by atoms with van der Waals surface area (Å²) in [6.45, 7) is 5.57. The predicted molar refractivity (Wildman–Crippen MR) is 138 cm³/mol. The highest BCUT2D eigenvalue weighted by molar-refractivity contribution is 7.17. The number of halogens is 1. The van der Waals surface area contributed by atoms with Crippen molar-refractivity contribution in [2.45, 2.75) is 33.2 Å². The van der Waals surface area contributed by atoms with E-state index in [0.29, 0.717) is 38.2 Å².